The van der Waals surface area contributed by atoms with Gasteiger partial charge in [-0.2, -0.15) is 0 Å². The largest absolute Gasteiger partial charge is 0.496 e. The van der Waals surface area contributed by atoms with Gasteiger partial charge < -0.3 is 14.8 Å². The first-order valence-corrected chi connectivity index (χ1v) is 7.10. The van der Waals surface area contributed by atoms with E-state index in [1.807, 2.05) is 7.05 Å². The Kier molecular flexibility index (Phi) is 4.83. The molecule has 1 aromatic carbocycles. The van der Waals surface area contributed by atoms with Crippen LogP contribution in [0.3, 0.4) is 0 Å². The highest BCUT2D eigenvalue weighted by Gasteiger charge is 2.23. The van der Waals surface area contributed by atoms with Crippen LogP contribution in [0.4, 0.5) is 0 Å². The zero-order valence-corrected chi connectivity index (χ0v) is 12.5. The minimum atomic E-state index is 0.289. The molecule has 0 radical (unpaired) electrons. The maximum atomic E-state index is 5.75. The maximum Gasteiger partial charge on any atom is 0.126 e. The predicted octanol–water partition coefficient (Wildman–Crippen LogP) is 3.14. The van der Waals surface area contributed by atoms with Gasteiger partial charge >= 0.3 is 0 Å². The van der Waals surface area contributed by atoms with Crippen molar-refractivity contribution in [3.8, 4) is 5.75 Å². The Hall–Kier alpha value is -1.06. The molecule has 3 heteroatoms. The molecular formula is C16H25NO2. The van der Waals surface area contributed by atoms with E-state index in [0.29, 0.717) is 6.10 Å². The second-order valence-corrected chi connectivity index (χ2v) is 5.34. The maximum absolute atomic E-state index is 5.75. The summed E-state index contributed by atoms with van der Waals surface area (Å²) in [5, 5.41) is 3.41. The lowest BCUT2D eigenvalue weighted by molar-refractivity contribution is 0.0951. The van der Waals surface area contributed by atoms with Gasteiger partial charge in [0, 0.05) is 18.2 Å². The monoisotopic (exact) mass is 263 g/mol. The first-order chi connectivity index (χ1) is 9.17. The Morgan fingerprint density at radius 3 is 2.79 bits per heavy atom. The second kappa shape index (κ2) is 6.40. The van der Waals surface area contributed by atoms with Crippen molar-refractivity contribution < 1.29 is 9.47 Å². The molecule has 0 saturated carbocycles. The number of hydrogen-bond acceptors (Lipinski definition) is 3. The minimum absolute atomic E-state index is 0.289. The number of methoxy groups -OCH3 is 1. The highest BCUT2D eigenvalue weighted by Crippen LogP contribution is 2.34. The molecule has 2 rings (SSSR count). The molecule has 0 spiro atoms. The smallest absolute Gasteiger partial charge is 0.126 e. The van der Waals surface area contributed by atoms with Gasteiger partial charge in [-0.3, -0.25) is 0 Å². The molecule has 0 bridgehead atoms. The standard InChI is InChI=1S/C16H25NO2/c1-11-7-8-14(16(18-4)12(11)2)15(17-3)10-13-6-5-9-19-13/h7-8,13,15,17H,5-6,9-10H2,1-4H3. The molecule has 19 heavy (non-hydrogen) atoms. The molecular weight excluding hydrogens is 238 g/mol. The molecule has 1 aliphatic heterocycles. The van der Waals surface area contributed by atoms with Crippen molar-refractivity contribution in [1.29, 1.82) is 0 Å². The molecule has 2 atom stereocenters. The summed E-state index contributed by atoms with van der Waals surface area (Å²) >= 11 is 0. The van der Waals surface area contributed by atoms with E-state index < -0.39 is 0 Å². The fraction of sp³-hybridized carbons (Fsp3) is 0.625. The molecule has 0 aliphatic carbocycles. The first kappa shape index (κ1) is 14.4. The van der Waals surface area contributed by atoms with Crippen LogP contribution in [0.25, 0.3) is 0 Å². The van der Waals surface area contributed by atoms with Gasteiger partial charge in [-0.05, 0) is 51.3 Å². The molecule has 0 aromatic heterocycles. The summed E-state index contributed by atoms with van der Waals surface area (Å²) in [5.41, 5.74) is 3.74. The number of benzene rings is 1. The third-order valence-corrected chi connectivity index (χ3v) is 4.16. The Bertz CT molecular complexity index is 425. The van der Waals surface area contributed by atoms with Crippen molar-refractivity contribution in [1.82, 2.24) is 5.32 Å². The average Bonchev–Trinajstić information content (AvgIpc) is 2.92. The lowest BCUT2D eigenvalue weighted by Crippen LogP contribution is -2.23. The summed E-state index contributed by atoms with van der Waals surface area (Å²) in [6.45, 7) is 5.15. The molecule has 1 aliphatic rings. The SMILES string of the molecule is CNC(CC1CCCO1)c1ccc(C)c(C)c1OC. The van der Waals surface area contributed by atoms with E-state index in [9.17, 15) is 0 Å². The summed E-state index contributed by atoms with van der Waals surface area (Å²) in [7, 11) is 3.76. The second-order valence-electron chi connectivity index (χ2n) is 5.34. The number of aryl methyl sites for hydroxylation is 1. The molecule has 3 nitrogen and oxygen atoms in total. The lowest BCUT2D eigenvalue weighted by Gasteiger charge is -2.23. The molecule has 1 aromatic rings. The Balaban J connectivity index is 2.24. The number of nitrogens with one attached hydrogen (secondary N) is 1. The summed E-state index contributed by atoms with van der Waals surface area (Å²) in [5.74, 6) is 1.01. The third-order valence-electron chi connectivity index (χ3n) is 4.16. The van der Waals surface area contributed by atoms with E-state index in [1.54, 1.807) is 7.11 Å². The number of hydrogen-bond donors (Lipinski definition) is 1. The van der Waals surface area contributed by atoms with Crippen LogP contribution < -0.4 is 10.1 Å². The quantitative estimate of drug-likeness (QED) is 0.885. The van der Waals surface area contributed by atoms with Crippen LogP contribution in [0.5, 0.6) is 5.75 Å². The molecule has 0 amide bonds. The van der Waals surface area contributed by atoms with Crippen molar-refractivity contribution in [2.24, 2.45) is 0 Å². The van der Waals surface area contributed by atoms with Crippen LogP contribution in [-0.2, 0) is 4.74 Å². The van der Waals surface area contributed by atoms with E-state index in [2.05, 4.69) is 31.3 Å². The molecule has 1 fully saturated rings. The van der Waals surface area contributed by atoms with Crippen molar-refractivity contribution in [3.63, 3.8) is 0 Å². The summed E-state index contributed by atoms with van der Waals surface area (Å²) in [6.07, 6.45) is 3.75. The lowest BCUT2D eigenvalue weighted by atomic mass is 9.95. The van der Waals surface area contributed by atoms with Crippen LogP contribution in [-0.4, -0.2) is 26.9 Å². The average molecular weight is 263 g/mol. The highest BCUT2D eigenvalue weighted by atomic mass is 16.5. The summed E-state index contributed by atoms with van der Waals surface area (Å²) in [6, 6.07) is 4.64. The molecule has 106 valence electrons. The number of rotatable bonds is 5. The van der Waals surface area contributed by atoms with Gasteiger partial charge in [0.25, 0.3) is 0 Å². The van der Waals surface area contributed by atoms with Gasteiger partial charge in [0.1, 0.15) is 5.75 Å². The van der Waals surface area contributed by atoms with Gasteiger partial charge in [-0.15, -0.1) is 0 Å². The Labute approximate surface area is 116 Å². The Morgan fingerprint density at radius 1 is 1.42 bits per heavy atom. The Morgan fingerprint density at radius 2 is 2.21 bits per heavy atom. The van der Waals surface area contributed by atoms with Crippen LogP contribution >= 0.6 is 0 Å². The van der Waals surface area contributed by atoms with Gasteiger partial charge in [-0.25, -0.2) is 0 Å². The molecule has 1 saturated heterocycles. The van der Waals surface area contributed by atoms with Crippen LogP contribution in [0.2, 0.25) is 0 Å². The highest BCUT2D eigenvalue weighted by molar-refractivity contribution is 5.46. The van der Waals surface area contributed by atoms with E-state index in [0.717, 1.165) is 18.8 Å². The van der Waals surface area contributed by atoms with E-state index >= 15 is 0 Å². The topological polar surface area (TPSA) is 30.5 Å². The van der Waals surface area contributed by atoms with Gasteiger partial charge in [0.2, 0.25) is 0 Å². The summed E-state index contributed by atoms with van der Waals surface area (Å²) in [4.78, 5) is 0. The van der Waals surface area contributed by atoms with Crippen molar-refractivity contribution in [2.75, 3.05) is 20.8 Å². The zero-order valence-electron chi connectivity index (χ0n) is 12.5. The first-order valence-electron chi connectivity index (χ1n) is 7.10. The molecule has 1 N–H and O–H groups in total. The van der Waals surface area contributed by atoms with Crippen molar-refractivity contribution in [3.05, 3.63) is 28.8 Å². The van der Waals surface area contributed by atoms with Crippen LogP contribution in [0.1, 0.15) is 42.0 Å². The zero-order chi connectivity index (χ0) is 13.8. The van der Waals surface area contributed by atoms with Crippen molar-refractivity contribution in [2.45, 2.75) is 45.3 Å². The van der Waals surface area contributed by atoms with Gasteiger partial charge in [0.15, 0.2) is 0 Å². The van der Waals surface area contributed by atoms with Gasteiger partial charge in [-0.1, -0.05) is 12.1 Å². The van der Waals surface area contributed by atoms with E-state index in [-0.39, 0.29) is 6.04 Å². The fourth-order valence-electron chi connectivity index (χ4n) is 2.85. The molecule has 2 unspecified atom stereocenters. The minimum Gasteiger partial charge on any atom is -0.496 e. The van der Waals surface area contributed by atoms with E-state index in [1.165, 1.54) is 29.5 Å². The third kappa shape index (κ3) is 3.10. The fourth-order valence-corrected chi connectivity index (χ4v) is 2.85. The normalized spacial score (nSPS) is 20.5. The van der Waals surface area contributed by atoms with Crippen LogP contribution in [0.15, 0.2) is 12.1 Å². The molecule has 1 heterocycles. The van der Waals surface area contributed by atoms with Crippen molar-refractivity contribution >= 4 is 0 Å². The number of ether oxygens (including phenoxy) is 2. The van der Waals surface area contributed by atoms with Crippen LogP contribution in [0, 0.1) is 13.8 Å². The summed E-state index contributed by atoms with van der Waals surface area (Å²) < 4.78 is 11.4. The van der Waals surface area contributed by atoms with Gasteiger partial charge in [0.05, 0.1) is 13.2 Å². The predicted molar refractivity (Wildman–Crippen MR) is 77.9 cm³/mol. The van der Waals surface area contributed by atoms with E-state index in [4.69, 9.17) is 9.47 Å².